The number of carbonyl (C=O) groups is 1. The van der Waals surface area contributed by atoms with E-state index in [1.807, 2.05) is 13.8 Å². The van der Waals surface area contributed by atoms with Gasteiger partial charge in [-0.1, -0.05) is 0 Å². The maximum atomic E-state index is 12.1. The zero-order chi connectivity index (χ0) is 17.7. The fourth-order valence-corrected chi connectivity index (χ4v) is 3.59. The van der Waals surface area contributed by atoms with Crippen molar-refractivity contribution in [2.75, 3.05) is 37.0 Å². The molecule has 0 bridgehead atoms. The fraction of sp³-hybridized carbons (Fsp3) is 0.562. The van der Waals surface area contributed by atoms with Gasteiger partial charge in [0.2, 0.25) is 22.7 Å². The molecule has 0 N–H and O–H groups in total. The molecule has 1 aromatic carbocycles. The first kappa shape index (κ1) is 18.4. The molecule has 0 saturated heterocycles. The number of hydrogen-bond acceptors (Lipinski definition) is 5. The first-order valence-corrected chi connectivity index (χ1v) is 9.86. The largest absolute Gasteiger partial charge is 0.454 e. The summed E-state index contributed by atoms with van der Waals surface area (Å²) in [7, 11) is -3.45. The number of rotatable bonds is 8. The monoisotopic (exact) mass is 356 g/mol. The van der Waals surface area contributed by atoms with E-state index >= 15 is 0 Å². The molecule has 1 heterocycles. The van der Waals surface area contributed by atoms with Gasteiger partial charge in [-0.25, -0.2) is 8.42 Å². The lowest BCUT2D eigenvalue weighted by molar-refractivity contribution is -0.130. The van der Waals surface area contributed by atoms with Crippen molar-refractivity contribution in [1.29, 1.82) is 0 Å². The van der Waals surface area contributed by atoms with E-state index in [0.717, 1.165) is 6.26 Å². The predicted molar refractivity (Wildman–Crippen MR) is 91.9 cm³/mol. The number of amides is 1. The van der Waals surface area contributed by atoms with Crippen LogP contribution in [0.4, 0.5) is 5.69 Å². The summed E-state index contributed by atoms with van der Waals surface area (Å²) in [6.45, 7) is 5.55. The molecular formula is C16H24N2O5S. The van der Waals surface area contributed by atoms with Crippen molar-refractivity contribution in [3.05, 3.63) is 18.2 Å². The molecule has 1 amide bonds. The summed E-state index contributed by atoms with van der Waals surface area (Å²) in [5.41, 5.74) is 0.511. The Kier molecular flexibility index (Phi) is 5.93. The average Bonchev–Trinajstić information content (AvgIpc) is 2.99. The molecule has 0 fully saturated rings. The van der Waals surface area contributed by atoms with Gasteiger partial charge in [0.05, 0.1) is 11.9 Å². The quantitative estimate of drug-likeness (QED) is 0.710. The zero-order valence-electron chi connectivity index (χ0n) is 14.3. The Morgan fingerprint density at radius 3 is 2.46 bits per heavy atom. The summed E-state index contributed by atoms with van der Waals surface area (Å²) in [4.78, 5) is 13.8. The van der Waals surface area contributed by atoms with Gasteiger partial charge in [-0.15, -0.1) is 0 Å². The summed E-state index contributed by atoms with van der Waals surface area (Å²) in [6, 6.07) is 5.02. The molecule has 0 spiro atoms. The van der Waals surface area contributed by atoms with Crippen molar-refractivity contribution in [2.24, 2.45) is 0 Å². The lowest BCUT2D eigenvalue weighted by Crippen LogP contribution is -2.33. The SMILES string of the molecule is CCN(CC)C(=O)CCCN(c1ccc2c(c1)OCO2)S(C)(=O)=O. The Labute approximate surface area is 143 Å². The second-order valence-electron chi connectivity index (χ2n) is 5.54. The molecular weight excluding hydrogens is 332 g/mol. The van der Waals surface area contributed by atoms with E-state index in [-0.39, 0.29) is 19.2 Å². The molecule has 0 aliphatic carbocycles. The summed E-state index contributed by atoms with van der Waals surface area (Å²) >= 11 is 0. The molecule has 24 heavy (non-hydrogen) atoms. The van der Waals surface area contributed by atoms with E-state index in [9.17, 15) is 13.2 Å². The van der Waals surface area contributed by atoms with Crippen LogP contribution in [0.1, 0.15) is 26.7 Å². The zero-order valence-corrected chi connectivity index (χ0v) is 15.1. The van der Waals surface area contributed by atoms with Crippen LogP contribution in [0.15, 0.2) is 18.2 Å². The van der Waals surface area contributed by atoms with Crippen LogP contribution in [0, 0.1) is 0 Å². The Hall–Kier alpha value is -1.96. The third-order valence-electron chi connectivity index (χ3n) is 3.91. The third kappa shape index (κ3) is 4.31. The maximum Gasteiger partial charge on any atom is 0.232 e. The second kappa shape index (κ2) is 7.74. The van der Waals surface area contributed by atoms with Crippen LogP contribution in [0.5, 0.6) is 11.5 Å². The van der Waals surface area contributed by atoms with Crippen molar-refractivity contribution < 1.29 is 22.7 Å². The minimum absolute atomic E-state index is 0.0409. The van der Waals surface area contributed by atoms with Crippen molar-refractivity contribution in [3.63, 3.8) is 0 Å². The first-order chi connectivity index (χ1) is 11.4. The third-order valence-corrected chi connectivity index (χ3v) is 5.11. The highest BCUT2D eigenvalue weighted by atomic mass is 32.2. The molecule has 1 aliphatic heterocycles. The fourth-order valence-electron chi connectivity index (χ4n) is 2.64. The summed E-state index contributed by atoms with van der Waals surface area (Å²) in [5.74, 6) is 1.17. The van der Waals surface area contributed by atoms with Gasteiger partial charge in [-0.2, -0.15) is 0 Å². The topological polar surface area (TPSA) is 76.2 Å². The molecule has 0 radical (unpaired) electrons. The smallest absolute Gasteiger partial charge is 0.232 e. The van der Waals surface area contributed by atoms with Gasteiger partial charge < -0.3 is 14.4 Å². The van der Waals surface area contributed by atoms with Crippen LogP contribution in [0.3, 0.4) is 0 Å². The summed E-state index contributed by atoms with van der Waals surface area (Å²) in [6.07, 6.45) is 1.93. The number of fused-ring (bicyclic) bond motifs is 1. The van der Waals surface area contributed by atoms with Gasteiger partial charge in [-0.05, 0) is 32.4 Å². The molecule has 2 rings (SSSR count). The minimum atomic E-state index is -3.45. The highest BCUT2D eigenvalue weighted by Gasteiger charge is 2.21. The number of nitrogens with zero attached hydrogens (tertiary/aromatic N) is 2. The van der Waals surface area contributed by atoms with Crippen molar-refractivity contribution in [1.82, 2.24) is 4.90 Å². The van der Waals surface area contributed by atoms with Crippen LogP contribution in [0.2, 0.25) is 0 Å². The van der Waals surface area contributed by atoms with Gasteiger partial charge >= 0.3 is 0 Å². The van der Waals surface area contributed by atoms with E-state index in [1.165, 1.54) is 4.31 Å². The molecule has 0 atom stereocenters. The first-order valence-electron chi connectivity index (χ1n) is 8.02. The van der Waals surface area contributed by atoms with Crippen molar-refractivity contribution >= 4 is 21.6 Å². The Morgan fingerprint density at radius 1 is 1.17 bits per heavy atom. The van der Waals surface area contributed by atoms with E-state index < -0.39 is 10.0 Å². The van der Waals surface area contributed by atoms with E-state index in [4.69, 9.17) is 9.47 Å². The number of ether oxygens (including phenoxy) is 2. The highest BCUT2D eigenvalue weighted by molar-refractivity contribution is 7.92. The predicted octanol–water partition coefficient (Wildman–Crippen LogP) is 1.83. The number of hydrogen-bond donors (Lipinski definition) is 0. The Bertz CT molecular complexity index is 686. The molecule has 0 unspecified atom stereocenters. The van der Waals surface area contributed by atoms with Crippen LogP contribution < -0.4 is 13.8 Å². The van der Waals surface area contributed by atoms with Crippen molar-refractivity contribution in [3.8, 4) is 11.5 Å². The van der Waals surface area contributed by atoms with E-state index in [1.54, 1.807) is 23.1 Å². The molecule has 8 heteroatoms. The van der Waals surface area contributed by atoms with Crippen LogP contribution in [-0.4, -0.2) is 51.9 Å². The molecule has 1 aromatic rings. The number of benzene rings is 1. The summed E-state index contributed by atoms with van der Waals surface area (Å²) in [5, 5.41) is 0. The van der Waals surface area contributed by atoms with E-state index in [0.29, 0.717) is 43.1 Å². The molecule has 134 valence electrons. The van der Waals surface area contributed by atoms with Crippen LogP contribution >= 0.6 is 0 Å². The van der Waals surface area contributed by atoms with Gasteiger partial charge in [0.25, 0.3) is 0 Å². The average molecular weight is 356 g/mol. The standard InChI is InChI=1S/C16H24N2O5S/c1-4-17(5-2)16(19)7-6-10-18(24(3,20)21)13-8-9-14-15(11-13)23-12-22-14/h8-9,11H,4-7,10,12H2,1-3H3. The van der Waals surface area contributed by atoms with Crippen LogP contribution in [-0.2, 0) is 14.8 Å². The second-order valence-corrected chi connectivity index (χ2v) is 7.45. The molecule has 0 aromatic heterocycles. The van der Waals surface area contributed by atoms with Gasteiger partial charge in [-0.3, -0.25) is 9.10 Å². The molecule has 7 nitrogen and oxygen atoms in total. The van der Waals surface area contributed by atoms with Gasteiger partial charge in [0.1, 0.15) is 0 Å². The van der Waals surface area contributed by atoms with Crippen LogP contribution in [0.25, 0.3) is 0 Å². The number of anilines is 1. The Balaban J connectivity index is 2.06. The Morgan fingerprint density at radius 2 is 1.83 bits per heavy atom. The molecule has 1 aliphatic rings. The van der Waals surface area contributed by atoms with Gasteiger partial charge in [0.15, 0.2) is 11.5 Å². The maximum absolute atomic E-state index is 12.1. The normalized spacial score (nSPS) is 13.0. The lowest BCUT2D eigenvalue weighted by atomic mass is 10.2. The number of sulfonamides is 1. The summed E-state index contributed by atoms with van der Waals surface area (Å²) < 4.78 is 36.1. The van der Waals surface area contributed by atoms with E-state index in [2.05, 4.69) is 0 Å². The highest BCUT2D eigenvalue weighted by Crippen LogP contribution is 2.36. The minimum Gasteiger partial charge on any atom is -0.454 e. The lowest BCUT2D eigenvalue weighted by Gasteiger charge is -2.23. The van der Waals surface area contributed by atoms with Crippen molar-refractivity contribution in [2.45, 2.75) is 26.7 Å². The number of carbonyl (C=O) groups excluding carboxylic acids is 1. The molecule has 0 saturated carbocycles. The van der Waals surface area contributed by atoms with Gasteiger partial charge in [0, 0.05) is 32.1 Å².